The predicted octanol–water partition coefficient (Wildman–Crippen LogP) is 4.25. The molecule has 86 valence electrons. The molecule has 2 heteroatoms. The first kappa shape index (κ1) is 14.4. The molecule has 1 unspecified atom stereocenters. The summed E-state index contributed by atoms with van der Waals surface area (Å²) in [6.45, 7) is 14.0. The van der Waals surface area contributed by atoms with Crippen molar-refractivity contribution in [2.45, 2.75) is 53.6 Å². The Labute approximate surface area is 97.7 Å². The third-order valence-electron chi connectivity index (χ3n) is 2.41. The van der Waals surface area contributed by atoms with E-state index in [1.54, 1.807) is 0 Å². The molecule has 1 atom stereocenters. The molecule has 0 amide bonds. The van der Waals surface area contributed by atoms with Crippen LogP contribution in [0.2, 0.25) is 0 Å². The van der Waals surface area contributed by atoms with Gasteiger partial charge in [0.15, 0.2) is 0 Å². The van der Waals surface area contributed by atoms with Gasteiger partial charge in [-0.15, -0.1) is 0 Å². The first-order valence-corrected chi connectivity index (χ1v) is 6.49. The maximum absolute atomic E-state index is 5.74. The summed E-state index contributed by atoms with van der Waals surface area (Å²) >= 11 is 3.58. The van der Waals surface area contributed by atoms with Gasteiger partial charge in [-0.2, -0.15) is 0 Å². The fraction of sp³-hybridized carbons (Fsp3) is 1.00. The summed E-state index contributed by atoms with van der Waals surface area (Å²) in [6.07, 6.45) is 1.13. The van der Waals surface area contributed by atoms with Crippen LogP contribution in [0, 0.1) is 11.3 Å². The van der Waals surface area contributed by atoms with Crippen LogP contribution in [0.4, 0.5) is 0 Å². The van der Waals surface area contributed by atoms with Gasteiger partial charge in [0.1, 0.15) is 0 Å². The van der Waals surface area contributed by atoms with Crippen LogP contribution in [0.1, 0.15) is 48.0 Å². The molecule has 0 spiro atoms. The topological polar surface area (TPSA) is 9.23 Å². The summed E-state index contributed by atoms with van der Waals surface area (Å²) in [5.41, 5.74) is 0.361. The van der Waals surface area contributed by atoms with Crippen molar-refractivity contribution in [3.8, 4) is 0 Å². The van der Waals surface area contributed by atoms with E-state index >= 15 is 0 Å². The lowest BCUT2D eigenvalue weighted by molar-refractivity contribution is -0.0136. The van der Waals surface area contributed by atoms with E-state index in [4.69, 9.17) is 4.74 Å². The highest BCUT2D eigenvalue weighted by molar-refractivity contribution is 9.09. The van der Waals surface area contributed by atoms with E-state index in [-0.39, 0.29) is 5.60 Å². The summed E-state index contributed by atoms with van der Waals surface area (Å²) in [4.78, 5) is 0. The minimum Gasteiger partial charge on any atom is -0.376 e. The molecular weight excluding hydrogens is 240 g/mol. The van der Waals surface area contributed by atoms with Gasteiger partial charge in [-0.3, -0.25) is 0 Å². The number of hydrogen-bond acceptors (Lipinski definition) is 1. The first-order valence-electron chi connectivity index (χ1n) is 5.37. The van der Waals surface area contributed by atoms with Crippen molar-refractivity contribution >= 4 is 15.9 Å². The quantitative estimate of drug-likeness (QED) is 0.690. The predicted molar refractivity (Wildman–Crippen MR) is 67.1 cm³/mol. The summed E-state index contributed by atoms with van der Waals surface area (Å²) < 4.78 is 5.74. The Morgan fingerprint density at radius 3 is 1.86 bits per heavy atom. The van der Waals surface area contributed by atoms with Crippen molar-refractivity contribution in [2.24, 2.45) is 11.3 Å². The zero-order valence-electron chi connectivity index (χ0n) is 10.5. The molecule has 0 aliphatic heterocycles. The van der Waals surface area contributed by atoms with Gasteiger partial charge in [-0.1, -0.05) is 36.7 Å². The fourth-order valence-electron chi connectivity index (χ4n) is 1.25. The lowest BCUT2D eigenvalue weighted by Gasteiger charge is -2.30. The van der Waals surface area contributed by atoms with Crippen molar-refractivity contribution in [3.63, 3.8) is 0 Å². The lowest BCUT2D eigenvalue weighted by Crippen LogP contribution is -2.26. The Bertz CT molecular complexity index is 153. The molecule has 0 bridgehead atoms. The molecule has 0 aromatic rings. The molecule has 0 aliphatic rings. The zero-order chi connectivity index (χ0) is 11.4. The van der Waals surface area contributed by atoms with Gasteiger partial charge in [-0.25, -0.2) is 0 Å². The Balaban J connectivity index is 3.87. The highest BCUT2D eigenvalue weighted by Crippen LogP contribution is 2.30. The second-order valence-corrected chi connectivity index (χ2v) is 6.61. The van der Waals surface area contributed by atoms with Crippen LogP contribution >= 0.6 is 15.9 Å². The van der Waals surface area contributed by atoms with Crippen LogP contribution in [0.5, 0.6) is 0 Å². The number of alkyl halides is 1. The lowest BCUT2D eigenvalue weighted by atomic mass is 9.80. The molecule has 0 saturated carbocycles. The van der Waals surface area contributed by atoms with Gasteiger partial charge < -0.3 is 4.74 Å². The van der Waals surface area contributed by atoms with E-state index in [0.29, 0.717) is 11.3 Å². The first-order chi connectivity index (χ1) is 6.17. The molecule has 0 radical (unpaired) electrons. The van der Waals surface area contributed by atoms with Crippen molar-refractivity contribution in [1.29, 1.82) is 0 Å². The van der Waals surface area contributed by atoms with Crippen molar-refractivity contribution in [2.75, 3.05) is 11.9 Å². The van der Waals surface area contributed by atoms with E-state index in [2.05, 4.69) is 57.5 Å². The minimum absolute atomic E-state index is 0.00521. The molecule has 0 saturated heterocycles. The fourth-order valence-corrected chi connectivity index (χ4v) is 2.54. The van der Waals surface area contributed by atoms with Crippen molar-refractivity contribution in [1.82, 2.24) is 0 Å². The largest absolute Gasteiger partial charge is 0.376 e. The van der Waals surface area contributed by atoms with E-state index in [9.17, 15) is 0 Å². The van der Waals surface area contributed by atoms with Gasteiger partial charge in [-0.05, 0) is 38.5 Å². The summed E-state index contributed by atoms with van der Waals surface area (Å²) in [5.74, 6) is 0.685. The second kappa shape index (κ2) is 5.50. The van der Waals surface area contributed by atoms with Crippen LogP contribution < -0.4 is 0 Å². The summed E-state index contributed by atoms with van der Waals surface area (Å²) in [5, 5.41) is 1.06. The third-order valence-corrected chi connectivity index (χ3v) is 3.19. The molecule has 0 aliphatic carbocycles. The Morgan fingerprint density at radius 2 is 1.57 bits per heavy atom. The van der Waals surface area contributed by atoms with Crippen molar-refractivity contribution in [3.05, 3.63) is 0 Å². The normalized spacial score (nSPS) is 15.6. The van der Waals surface area contributed by atoms with Crippen LogP contribution in [-0.4, -0.2) is 17.5 Å². The van der Waals surface area contributed by atoms with Gasteiger partial charge in [0.05, 0.1) is 5.60 Å². The van der Waals surface area contributed by atoms with Crippen LogP contribution in [0.3, 0.4) is 0 Å². The molecule has 0 N–H and O–H groups in total. The molecule has 0 aromatic carbocycles. The maximum atomic E-state index is 5.74. The third kappa shape index (κ3) is 6.83. The minimum atomic E-state index is -0.00521. The summed E-state index contributed by atoms with van der Waals surface area (Å²) in [6, 6.07) is 0. The number of ether oxygens (including phenoxy) is 1. The highest BCUT2D eigenvalue weighted by atomic mass is 79.9. The molecule has 0 rings (SSSR count). The van der Waals surface area contributed by atoms with E-state index < -0.39 is 0 Å². The second-order valence-electron chi connectivity index (χ2n) is 5.97. The van der Waals surface area contributed by atoms with Gasteiger partial charge in [0.2, 0.25) is 0 Å². The number of rotatable bonds is 4. The van der Waals surface area contributed by atoms with E-state index in [1.807, 2.05) is 0 Å². The molecule has 0 fully saturated rings. The Kier molecular flexibility index (Phi) is 5.68. The SMILES string of the molecule is CC(C)(C)OCCC(CBr)C(C)(C)C. The highest BCUT2D eigenvalue weighted by Gasteiger charge is 2.23. The molecule has 0 aromatic heterocycles. The molecule has 1 nitrogen and oxygen atoms in total. The molecule has 14 heavy (non-hydrogen) atoms. The molecular formula is C12H25BrO. The number of halogens is 1. The monoisotopic (exact) mass is 264 g/mol. The summed E-state index contributed by atoms with van der Waals surface area (Å²) in [7, 11) is 0. The Morgan fingerprint density at radius 1 is 1.07 bits per heavy atom. The Hall–Kier alpha value is 0.440. The van der Waals surface area contributed by atoms with Crippen LogP contribution in [0.25, 0.3) is 0 Å². The average molecular weight is 265 g/mol. The van der Waals surface area contributed by atoms with Gasteiger partial charge in [0, 0.05) is 11.9 Å². The number of hydrogen-bond donors (Lipinski definition) is 0. The smallest absolute Gasteiger partial charge is 0.0598 e. The van der Waals surface area contributed by atoms with Crippen molar-refractivity contribution < 1.29 is 4.74 Å². The van der Waals surface area contributed by atoms with Gasteiger partial charge >= 0.3 is 0 Å². The molecule has 0 heterocycles. The van der Waals surface area contributed by atoms with Gasteiger partial charge in [0.25, 0.3) is 0 Å². The maximum Gasteiger partial charge on any atom is 0.0598 e. The van der Waals surface area contributed by atoms with Crippen LogP contribution in [0.15, 0.2) is 0 Å². The standard InChI is InChI=1S/C12H25BrO/c1-11(2,3)10(9-13)7-8-14-12(4,5)6/h10H,7-9H2,1-6H3. The van der Waals surface area contributed by atoms with E-state index in [0.717, 1.165) is 18.4 Å². The van der Waals surface area contributed by atoms with Crippen LogP contribution in [-0.2, 0) is 4.74 Å². The average Bonchev–Trinajstić information content (AvgIpc) is 1.93. The zero-order valence-corrected chi connectivity index (χ0v) is 12.1. The van der Waals surface area contributed by atoms with E-state index in [1.165, 1.54) is 0 Å².